The quantitative estimate of drug-likeness (QED) is 0.391. The van der Waals surface area contributed by atoms with Gasteiger partial charge in [0.1, 0.15) is 5.82 Å². The first-order valence-corrected chi connectivity index (χ1v) is 7.28. The molecule has 21 heavy (non-hydrogen) atoms. The number of hydrogen-bond donors (Lipinski definition) is 2. The van der Waals surface area contributed by atoms with Crippen LogP contribution in [0.2, 0.25) is 0 Å². The van der Waals surface area contributed by atoms with Gasteiger partial charge in [-0.1, -0.05) is 29.8 Å². The Labute approximate surface area is 124 Å². The van der Waals surface area contributed by atoms with E-state index in [1.165, 1.54) is 19.3 Å². The highest BCUT2D eigenvalue weighted by molar-refractivity contribution is 6.04. The molecular weight excluding hydrogens is 264 g/mol. The summed E-state index contributed by atoms with van der Waals surface area (Å²) in [5.41, 5.74) is 7.43. The molecule has 1 saturated carbocycles. The van der Waals surface area contributed by atoms with Crippen molar-refractivity contribution in [3.8, 4) is 0 Å². The molecule has 110 valence electrons. The highest BCUT2D eigenvalue weighted by Crippen LogP contribution is 2.29. The Kier molecular flexibility index (Phi) is 3.64. The van der Waals surface area contributed by atoms with Gasteiger partial charge in [0.15, 0.2) is 5.84 Å². The highest BCUT2D eigenvalue weighted by atomic mass is 16.4. The summed E-state index contributed by atoms with van der Waals surface area (Å²) in [4.78, 5) is 6.82. The number of para-hydroxylation sites is 1. The van der Waals surface area contributed by atoms with Crippen molar-refractivity contribution in [2.75, 3.05) is 18.5 Å². The van der Waals surface area contributed by atoms with E-state index in [4.69, 9.17) is 15.9 Å². The van der Waals surface area contributed by atoms with Gasteiger partial charge in [-0.15, -0.1) is 0 Å². The molecule has 1 aliphatic carbocycles. The zero-order valence-corrected chi connectivity index (χ0v) is 12.2. The van der Waals surface area contributed by atoms with Gasteiger partial charge in [-0.2, -0.15) is 0 Å². The lowest BCUT2D eigenvalue weighted by Crippen LogP contribution is -2.31. The Morgan fingerprint density at radius 2 is 2.19 bits per heavy atom. The molecule has 0 atom stereocenters. The second-order valence-corrected chi connectivity index (χ2v) is 5.71. The predicted molar refractivity (Wildman–Crippen MR) is 84.9 cm³/mol. The molecule has 0 spiro atoms. The minimum absolute atomic E-state index is 0.101. The summed E-state index contributed by atoms with van der Waals surface area (Å²) >= 11 is 0. The van der Waals surface area contributed by atoms with Gasteiger partial charge in [-0.3, -0.25) is 0 Å². The van der Waals surface area contributed by atoms with Crippen molar-refractivity contribution in [2.24, 2.45) is 16.8 Å². The van der Waals surface area contributed by atoms with Crippen molar-refractivity contribution in [3.63, 3.8) is 0 Å². The number of hydrogen-bond acceptors (Lipinski definition) is 4. The fourth-order valence-corrected chi connectivity index (χ4v) is 2.79. The maximum Gasteiger partial charge on any atom is 0.173 e. The highest BCUT2D eigenvalue weighted by Gasteiger charge is 2.22. The third kappa shape index (κ3) is 2.63. The fourth-order valence-electron chi connectivity index (χ4n) is 2.79. The van der Waals surface area contributed by atoms with Crippen molar-refractivity contribution in [1.29, 1.82) is 0 Å². The van der Waals surface area contributed by atoms with Gasteiger partial charge in [0.25, 0.3) is 0 Å². The summed E-state index contributed by atoms with van der Waals surface area (Å²) in [6.45, 7) is 0.955. The topological polar surface area (TPSA) is 74.7 Å². The maximum absolute atomic E-state index is 9.02. The third-order valence-corrected chi connectivity index (χ3v) is 4.21. The number of aromatic nitrogens is 1. The Hall–Kier alpha value is -2.30. The number of nitrogens with two attached hydrogens (primary N) is 1. The Bertz CT molecular complexity index is 679. The monoisotopic (exact) mass is 284 g/mol. The van der Waals surface area contributed by atoms with Crippen LogP contribution >= 0.6 is 0 Å². The van der Waals surface area contributed by atoms with Crippen molar-refractivity contribution in [3.05, 3.63) is 35.9 Å². The summed E-state index contributed by atoms with van der Waals surface area (Å²) in [7, 11) is 2.02. The van der Waals surface area contributed by atoms with Crippen LogP contribution in [0, 0.1) is 5.92 Å². The number of oxime groups is 1. The molecular formula is C16H20N4O. The molecule has 1 heterocycles. The van der Waals surface area contributed by atoms with Crippen LogP contribution in [0.25, 0.3) is 10.9 Å². The summed E-state index contributed by atoms with van der Waals surface area (Å²) in [6, 6.07) is 9.81. The molecule has 5 nitrogen and oxygen atoms in total. The molecule has 0 aliphatic heterocycles. The zero-order valence-electron chi connectivity index (χ0n) is 12.2. The predicted octanol–water partition coefficient (Wildman–Crippen LogP) is 2.57. The van der Waals surface area contributed by atoms with Crippen LogP contribution in [-0.2, 0) is 0 Å². The number of nitrogens with zero attached hydrogens (tertiary/aromatic N) is 3. The smallest absolute Gasteiger partial charge is 0.173 e. The van der Waals surface area contributed by atoms with E-state index in [0.29, 0.717) is 5.56 Å². The van der Waals surface area contributed by atoms with E-state index in [1.54, 1.807) is 0 Å². The molecule has 0 radical (unpaired) electrons. The van der Waals surface area contributed by atoms with E-state index >= 15 is 0 Å². The van der Waals surface area contributed by atoms with Crippen LogP contribution in [0.1, 0.15) is 24.8 Å². The average molecular weight is 284 g/mol. The molecule has 1 aromatic heterocycles. The second kappa shape index (κ2) is 5.60. The first-order chi connectivity index (χ1) is 10.2. The Morgan fingerprint density at radius 1 is 1.43 bits per heavy atom. The number of fused-ring (bicyclic) bond motifs is 1. The van der Waals surface area contributed by atoms with Crippen molar-refractivity contribution in [2.45, 2.75) is 19.3 Å². The summed E-state index contributed by atoms with van der Waals surface area (Å²) in [5.74, 6) is 1.60. The molecule has 0 unspecified atom stereocenters. The molecule has 0 bridgehead atoms. The van der Waals surface area contributed by atoms with E-state index in [-0.39, 0.29) is 5.84 Å². The van der Waals surface area contributed by atoms with Crippen molar-refractivity contribution in [1.82, 2.24) is 4.98 Å². The molecule has 1 aliphatic rings. The van der Waals surface area contributed by atoms with Crippen molar-refractivity contribution < 1.29 is 5.21 Å². The minimum atomic E-state index is 0.101. The van der Waals surface area contributed by atoms with E-state index in [1.807, 2.05) is 37.4 Å². The van der Waals surface area contributed by atoms with Crippen LogP contribution in [0.5, 0.6) is 0 Å². The fraction of sp³-hybridized carbons (Fsp3) is 0.375. The number of benzene rings is 1. The molecule has 2 aromatic rings. The molecule has 3 rings (SSSR count). The zero-order chi connectivity index (χ0) is 14.8. The molecule has 0 saturated heterocycles. The lowest BCUT2D eigenvalue weighted by molar-refractivity contribution is 0.318. The Morgan fingerprint density at radius 3 is 2.86 bits per heavy atom. The van der Waals surface area contributed by atoms with Crippen molar-refractivity contribution >= 4 is 22.6 Å². The van der Waals surface area contributed by atoms with Crippen LogP contribution in [0.4, 0.5) is 5.82 Å². The summed E-state index contributed by atoms with van der Waals surface area (Å²) in [5, 5.41) is 13.2. The van der Waals surface area contributed by atoms with E-state index < -0.39 is 0 Å². The SMILES string of the molecule is CN(CC1CCC1)c1nc2ccccc2cc1C(N)=NO. The van der Waals surface area contributed by atoms with Gasteiger partial charge in [-0.25, -0.2) is 4.98 Å². The first kappa shape index (κ1) is 13.7. The normalized spacial score (nSPS) is 16.0. The van der Waals surface area contributed by atoms with Gasteiger partial charge in [-0.05, 0) is 30.9 Å². The van der Waals surface area contributed by atoms with E-state index in [9.17, 15) is 0 Å². The van der Waals surface area contributed by atoms with Crippen LogP contribution in [-0.4, -0.2) is 29.6 Å². The number of rotatable bonds is 4. The van der Waals surface area contributed by atoms with Crippen LogP contribution < -0.4 is 10.6 Å². The van der Waals surface area contributed by atoms with Gasteiger partial charge >= 0.3 is 0 Å². The standard InChI is InChI=1S/C16H20N4O/c1-20(10-11-5-4-6-11)16-13(15(17)19-21)9-12-7-2-3-8-14(12)18-16/h2-3,7-9,11,21H,4-6,10H2,1H3,(H2,17,19). The summed E-state index contributed by atoms with van der Waals surface area (Å²) in [6.07, 6.45) is 3.87. The third-order valence-electron chi connectivity index (χ3n) is 4.21. The first-order valence-electron chi connectivity index (χ1n) is 7.28. The number of anilines is 1. The Balaban J connectivity index is 2.04. The number of pyridine rings is 1. The van der Waals surface area contributed by atoms with Gasteiger partial charge in [0.2, 0.25) is 0 Å². The van der Waals surface area contributed by atoms with Gasteiger partial charge < -0.3 is 15.8 Å². The summed E-state index contributed by atoms with van der Waals surface area (Å²) < 4.78 is 0. The van der Waals surface area contributed by atoms with Gasteiger partial charge in [0.05, 0.1) is 11.1 Å². The molecule has 1 aromatic carbocycles. The molecule has 0 amide bonds. The number of amidine groups is 1. The maximum atomic E-state index is 9.02. The lowest BCUT2D eigenvalue weighted by Gasteiger charge is -2.31. The largest absolute Gasteiger partial charge is 0.409 e. The lowest BCUT2D eigenvalue weighted by atomic mass is 9.85. The van der Waals surface area contributed by atoms with E-state index in [0.717, 1.165) is 29.2 Å². The van der Waals surface area contributed by atoms with Crippen LogP contribution in [0.15, 0.2) is 35.5 Å². The van der Waals surface area contributed by atoms with E-state index in [2.05, 4.69) is 10.1 Å². The molecule has 1 fully saturated rings. The average Bonchev–Trinajstić information content (AvgIpc) is 2.48. The minimum Gasteiger partial charge on any atom is -0.409 e. The van der Waals surface area contributed by atoms with Gasteiger partial charge in [0, 0.05) is 19.0 Å². The molecule has 5 heteroatoms. The van der Waals surface area contributed by atoms with Crippen LogP contribution in [0.3, 0.4) is 0 Å². The molecule has 3 N–H and O–H groups in total. The second-order valence-electron chi connectivity index (χ2n) is 5.71.